The van der Waals surface area contributed by atoms with Crippen LogP contribution in [0.5, 0.6) is 17.2 Å². The number of fused-ring (bicyclic) bond motifs is 6. The molecule has 0 spiro atoms. The average Bonchev–Trinajstić information content (AvgIpc) is 3.28. The molecule has 43 heavy (non-hydrogen) atoms. The smallest absolute Gasteiger partial charge is 0.419 e. The number of rotatable bonds is 8. The highest BCUT2D eigenvalue weighted by Gasteiger charge is 2.49. The van der Waals surface area contributed by atoms with E-state index in [9.17, 15) is 24.3 Å². The molecule has 3 aromatic rings. The first-order valence-electron chi connectivity index (χ1n) is 14.5. The highest BCUT2D eigenvalue weighted by atomic mass is 16.6. The Kier molecular flexibility index (Phi) is 7.61. The maximum atomic E-state index is 13.2. The van der Waals surface area contributed by atoms with Crippen LogP contribution < -0.4 is 20.0 Å². The summed E-state index contributed by atoms with van der Waals surface area (Å²) in [7, 11) is 1.43. The maximum absolute atomic E-state index is 13.2. The minimum absolute atomic E-state index is 0.0354. The third-order valence-electron chi connectivity index (χ3n) is 8.77. The van der Waals surface area contributed by atoms with E-state index in [1.165, 1.54) is 12.6 Å². The molecule has 1 aromatic heterocycles. The van der Waals surface area contributed by atoms with Crippen molar-refractivity contribution in [2.24, 2.45) is 12.5 Å². The predicted octanol–water partition coefficient (Wildman–Crippen LogP) is 2.64. The van der Waals surface area contributed by atoms with Crippen molar-refractivity contribution < 1.29 is 42.9 Å². The van der Waals surface area contributed by atoms with Crippen LogP contribution in [0.4, 0.5) is 0 Å². The van der Waals surface area contributed by atoms with Crippen molar-refractivity contribution >= 4 is 29.0 Å². The Morgan fingerprint density at radius 3 is 2.28 bits per heavy atom. The van der Waals surface area contributed by atoms with Crippen LogP contribution in [0, 0.1) is 5.41 Å². The molecule has 1 N–H and O–H groups in total. The molecule has 0 radical (unpaired) electrons. The molecule has 3 aliphatic rings. The lowest BCUT2D eigenvalue weighted by Gasteiger charge is -2.42. The summed E-state index contributed by atoms with van der Waals surface area (Å²) in [6.07, 6.45) is 1.86. The second-order valence-electron chi connectivity index (χ2n) is 11.7. The van der Waals surface area contributed by atoms with Crippen molar-refractivity contribution in [1.29, 1.82) is 0 Å². The lowest BCUT2D eigenvalue weighted by Crippen LogP contribution is -2.47. The van der Waals surface area contributed by atoms with Crippen molar-refractivity contribution in [2.75, 3.05) is 26.3 Å². The molecular formula is C31H34N2O10. The van der Waals surface area contributed by atoms with Crippen LogP contribution in [0.15, 0.2) is 39.5 Å². The molecule has 0 amide bonds. The number of hydrogen-bond acceptors (Lipinski definition) is 11. The molecule has 0 aliphatic carbocycles. The van der Waals surface area contributed by atoms with Gasteiger partial charge in [-0.25, -0.2) is 9.59 Å². The van der Waals surface area contributed by atoms with Crippen LogP contribution in [-0.2, 0) is 39.1 Å². The van der Waals surface area contributed by atoms with Crippen LogP contribution in [0.3, 0.4) is 0 Å². The standard InChI is InChI=1S/C31H34N2O10/c1-3-39-18-30(10-9-19-7-5-4-6-8-19)11-13-33(14-12-30)17-20-24-23-26(43-29(37)32(23)2)27-25(20)42-28(36)31(38,15-21(34)40-24)16-22(35)41-27/h4-8,38H,3,9-18H2,1-2H3. The van der Waals surface area contributed by atoms with Crippen LogP contribution >= 0.6 is 0 Å². The number of oxazole rings is 1. The molecule has 3 bridgehead atoms. The molecule has 0 saturated carbocycles. The lowest BCUT2D eigenvalue weighted by atomic mass is 9.74. The Hall–Kier alpha value is -4.00. The number of piperidine rings is 1. The van der Waals surface area contributed by atoms with E-state index in [1.807, 2.05) is 25.1 Å². The third-order valence-corrected chi connectivity index (χ3v) is 8.77. The zero-order valence-corrected chi connectivity index (χ0v) is 24.2. The molecular weight excluding hydrogens is 560 g/mol. The van der Waals surface area contributed by atoms with E-state index in [1.54, 1.807) is 0 Å². The second kappa shape index (κ2) is 11.3. The van der Waals surface area contributed by atoms with Gasteiger partial charge in [0.25, 0.3) is 0 Å². The second-order valence-corrected chi connectivity index (χ2v) is 11.7. The van der Waals surface area contributed by atoms with Crippen LogP contribution in [-0.4, -0.2) is 64.4 Å². The van der Waals surface area contributed by atoms with E-state index < -0.39 is 42.1 Å². The number of aliphatic hydroxyl groups is 1. The van der Waals surface area contributed by atoms with E-state index in [0.29, 0.717) is 26.3 Å². The molecule has 12 nitrogen and oxygen atoms in total. The molecule has 1 atom stereocenters. The van der Waals surface area contributed by atoms with Crippen molar-refractivity contribution in [2.45, 2.75) is 57.6 Å². The van der Waals surface area contributed by atoms with Gasteiger partial charge in [-0.2, -0.15) is 0 Å². The zero-order chi connectivity index (χ0) is 30.4. The van der Waals surface area contributed by atoms with Gasteiger partial charge in [-0.05, 0) is 56.7 Å². The summed E-state index contributed by atoms with van der Waals surface area (Å²) in [5.74, 6) is -4.48. The topological polar surface area (TPSA) is 147 Å². The molecule has 1 unspecified atom stereocenters. The summed E-state index contributed by atoms with van der Waals surface area (Å²) in [6.45, 7) is 4.70. The molecule has 3 aliphatic heterocycles. The number of benzene rings is 2. The van der Waals surface area contributed by atoms with Gasteiger partial charge in [0.2, 0.25) is 11.3 Å². The number of aromatic nitrogens is 1. The summed E-state index contributed by atoms with van der Waals surface area (Å²) in [4.78, 5) is 53.8. The fourth-order valence-electron chi connectivity index (χ4n) is 6.22. The monoisotopic (exact) mass is 594 g/mol. The number of likely N-dealkylation sites (tertiary alicyclic amines) is 1. The van der Waals surface area contributed by atoms with Gasteiger partial charge in [0.05, 0.1) is 25.0 Å². The van der Waals surface area contributed by atoms with Crippen molar-refractivity contribution in [1.82, 2.24) is 9.47 Å². The molecule has 12 heteroatoms. The van der Waals surface area contributed by atoms with E-state index in [2.05, 4.69) is 17.0 Å². The quantitative estimate of drug-likeness (QED) is 0.303. The Labute approximate surface area is 247 Å². The fourth-order valence-corrected chi connectivity index (χ4v) is 6.22. The predicted molar refractivity (Wildman–Crippen MR) is 151 cm³/mol. The van der Waals surface area contributed by atoms with Crippen molar-refractivity contribution in [3.05, 3.63) is 52.0 Å². The summed E-state index contributed by atoms with van der Waals surface area (Å²) < 4.78 is 29.4. The summed E-state index contributed by atoms with van der Waals surface area (Å²) in [5, 5.41) is 11.0. The number of carbonyl (C=O) groups is 3. The molecule has 1 fully saturated rings. The number of esters is 3. The number of ether oxygens (including phenoxy) is 4. The summed E-state index contributed by atoms with van der Waals surface area (Å²) in [6, 6.07) is 10.3. The number of nitrogens with zero attached hydrogens (tertiary/aromatic N) is 2. The van der Waals surface area contributed by atoms with Gasteiger partial charge in [-0.15, -0.1) is 0 Å². The first-order valence-corrected chi connectivity index (χ1v) is 14.5. The summed E-state index contributed by atoms with van der Waals surface area (Å²) in [5.41, 5.74) is -1.13. The van der Waals surface area contributed by atoms with Crippen molar-refractivity contribution in [3.63, 3.8) is 0 Å². The van der Waals surface area contributed by atoms with Crippen molar-refractivity contribution in [3.8, 4) is 17.2 Å². The Balaban J connectivity index is 1.36. The first kappa shape index (κ1) is 29.1. The van der Waals surface area contributed by atoms with E-state index in [0.717, 1.165) is 30.3 Å². The van der Waals surface area contributed by atoms with E-state index >= 15 is 0 Å². The molecule has 6 rings (SSSR count). The van der Waals surface area contributed by atoms with Crippen LogP contribution in [0.2, 0.25) is 0 Å². The van der Waals surface area contributed by atoms with Gasteiger partial charge in [-0.3, -0.25) is 19.1 Å². The molecule has 228 valence electrons. The summed E-state index contributed by atoms with van der Waals surface area (Å²) >= 11 is 0. The Bertz CT molecular complexity index is 1630. The van der Waals surface area contributed by atoms with Gasteiger partial charge >= 0.3 is 23.7 Å². The van der Waals surface area contributed by atoms with Gasteiger partial charge in [0.15, 0.2) is 17.1 Å². The fraction of sp³-hybridized carbons (Fsp3) is 0.484. The first-order chi connectivity index (χ1) is 20.6. The number of aryl methyl sites for hydroxylation is 2. The van der Waals surface area contributed by atoms with Gasteiger partial charge in [-0.1, -0.05) is 30.3 Å². The normalized spacial score (nSPS) is 21.9. The lowest BCUT2D eigenvalue weighted by molar-refractivity contribution is -0.168. The Morgan fingerprint density at radius 2 is 1.60 bits per heavy atom. The molecule has 1 saturated heterocycles. The Morgan fingerprint density at radius 1 is 0.930 bits per heavy atom. The largest absolute Gasteiger partial charge is 0.424 e. The number of carbonyl (C=O) groups excluding carboxylic acids is 3. The average molecular weight is 595 g/mol. The third kappa shape index (κ3) is 5.46. The van der Waals surface area contributed by atoms with Gasteiger partial charge < -0.3 is 28.5 Å². The molecule has 2 aromatic carbocycles. The van der Waals surface area contributed by atoms with Gasteiger partial charge in [0, 0.05) is 20.2 Å². The highest BCUT2D eigenvalue weighted by Crippen LogP contribution is 2.49. The SMILES string of the molecule is CCOCC1(CCc2ccccc2)CCN(Cc2c3c4c5oc(=O)n(C)c5c2OC(=O)CC(O)(CC(=O)O4)C(=O)O3)CC1. The van der Waals surface area contributed by atoms with E-state index in [-0.39, 0.29) is 45.9 Å². The minimum Gasteiger partial charge on any atom is -0.424 e. The highest BCUT2D eigenvalue weighted by molar-refractivity contribution is 6.00. The minimum atomic E-state index is -2.48. The zero-order valence-electron chi connectivity index (χ0n) is 24.2. The molecule has 4 heterocycles. The van der Waals surface area contributed by atoms with Crippen LogP contribution in [0.1, 0.15) is 50.2 Å². The van der Waals surface area contributed by atoms with Gasteiger partial charge in [0.1, 0.15) is 5.52 Å². The van der Waals surface area contributed by atoms with E-state index in [4.69, 9.17) is 23.4 Å². The number of hydrogen-bond donors (Lipinski definition) is 1. The van der Waals surface area contributed by atoms with Crippen LogP contribution in [0.25, 0.3) is 11.1 Å². The maximum Gasteiger partial charge on any atom is 0.419 e.